The molecular formula is C13H12ClN3O2S. The molecule has 0 atom stereocenters. The summed E-state index contributed by atoms with van der Waals surface area (Å²) >= 11 is 10.9. The Morgan fingerprint density at radius 3 is 2.75 bits per heavy atom. The Hall–Kier alpha value is -1.92. The number of hydrogen-bond acceptors (Lipinski definition) is 4. The monoisotopic (exact) mass is 309 g/mol. The second kappa shape index (κ2) is 5.60. The van der Waals surface area contributed by atoms with Crippen LogP contribution in [0.5, 0.6) is 0 Å². The highest BCUT2D eigenvalue weighted by atomic mass is 35.5. The van der Waals surface area contributed by atoms with Gasteiger partial charge >= 0.3 is 5.97 Å². The fourth-order valence-electron chi connectivity index (χ4n) is 1.75. The molecule has 2 aromatic rings. The zero-order valence-corrected chi connectivity index (χ0v) is 12.4. The first-order valence-corrected chi connectivity index (χ1v) is 6.51. The summed E-state index contributed by atoms with van der Waals surface area (Å²) in [6.45, 7) is 1.87. The van der Waals surface area contributed by atoms with Crippen molar-refractivity contribution in [3.8, 4) is 0 Å². The first kappa shape index (κ1) is 14.5. The molecule has 1 heterocycles. The zero-order chi connectivity index (χ0) is 14.9. The molecule has 0 unspecified atom stereocenters. The van der Waals surface area contributed by atoms with Crippen LogP contribution >= 0.6 is 23.8 Å². The first-order valence-electron chi connectivity index (χ1n) is 5.73. The lowest BCUT2D eigenvalue weighted by atomic mass is 10.2. The van der Waals surface area contributed by atoms with Crippen molar-refractivity contribution < 1.29 is 9.90 Å². The van der Waals surface area contributed by atoms with E-state index >= 15 is 0 Å². The van der Waals surface area contributed by atoms with Crippen LogP contribution in [0.2, 0.25) is 5.02 Å². The first-order chi connectivity index (χ1) is 9.38. The van der Waals surface area contributed by atoms with E-state index in [1.165, 1.54) is 6.07 Å². The SMILES string of the molecule is Cc1cc(N(C)c2ccc(Cl)c(C(=O)O)c2)nc(=S)[nH]1. The number of hydrogen-bond donors (Lipinski definition) is 2. The summed E-state index contributed by atoms with van der Waals surface area (Å²) < 4.78 is 0.374. The highest BCUT2D eigenvalue weighted by Crippen LogP contribution is 2.26. The number of carboxylic acids is 1. The smallest absolute Gasteiger partial charge is 0.337 e. The molecule has 0 fully saturated rings. The molecule has 0 aliphatic rings. The number of H-pyrrole nitrogens is 1. The van der Waals surface area contributed by atoms with E-state index < -0.39 is 5.97 Å². The van der Waals surface area contributed by atoms with Gasteiger partial charge in [0, 0.05) is 24.5 Å². The number of nitrogens with one attached hydrogen (secondary N) is 1. The molecule has 0 saturated heterocycles. The van der Waals surface area contributed by atoms with Crippen LogP contribution in [0.3, 0.4) is 0 Å². The molecule has 0 aliphatic heterocycles. The van der Waals surface area contributed by atoms with Gasteiger partial charge in [-0.2, -0.15) is 0 Å². The third-order valence-corrected chi connectivity index (χ3v) is 3.30. The second-order valence-corrected chi connectivity index (χ2v) is 5.05. The average Bonchev–Trinajstić information content (AvgIpc) is 2.37. The third-order valence-electron chi connectivity index (χ3n) is 2.78. The van der Waals surface area contributed by atoms with E-state index in [4.69, 9.17) is 28.9 Å². The molecule has 0 amide bonds. The molecule has 104 valence electrons. The number of aromatic nitrogens is 2. The predicted octanol–water partition coefficient (Wildman–Crippen LogP) is 3.57. The summed E-state index contributed by atoms with van der Waals surface area (Å²) in [6, 6.07) is 6.60. The van der Waals surface area contributed by atoms with Gasteiger partial charge in [0.1, 0.15) is 5.82 Å². The van der Waals surface area contributed by atoms with Crippen molar-refractivity contribution in [2.45, 2.75) is 6.92 Å². The Bertz CT molecular complexity index is 730. The molecule has 2 N–H and O–H groups in total. The van der Waals surface area contributed by atoms with E-state index in [1.54, 1.807) is 24.1 Å². The van der Waals surface area contributed by atoms with Gasteiger partial charge in [-0.05, 0) is 37.3 Å². The van der Waals surface area contributed by atoms with Crippen LogP contribution in [0.1, 0.15) is 16.1 Å². The Labute approximate surface area is 125 Å². The molecule has 5 nitrogen and oxygen atoms in total. The van der Waals surface area contributed by atoms with Crippen LogP contribution in [-0.4, -0.2) is 28.1 Å². The lowest BCUT2D eigenvalue weighted by Gasteiger charge is -2.19. The molecular weight excluding hydrogens is 298 g/mol. The second-order valence-electron chi connectivity index (χ2n) is 4.26. The number of halogens is 1. The van der Waals surface area contributed by atoms with Crippen LogP contribution in [0.15, 0.2) is 24.3 Å². The van der Waals surface area contributed by atoms with Gasteiger partial charge in [-0.15, -0.1) is 0 Å². The number of benzene rings is 1. The Kier molecular flexibility index (Phi) is 4.06. The molecule has 1 aromatic carbocycles. The summed E-state index contributed by atoms with van der Waals surface area (Å²) in [7, 11) is 1.78. The summed E-state index contributed by atoms with van der Waals surface area (Å²) in [4.78, 5) is 20.0. The number of anilines is 2. The van der Waals surface area contributed by atoms with E-state index in [-0.39, 0.29) is 10.6 Å². The minimum Gasteiger partial charge on any atom is -0.478 e. The maximum Gasteiger partial charge on any atom is 0.337 e. The number of aromatic amines is 1. The number of carboxylic acid groups (broad SMARTS) is 1. The molecule has 0 radical (unpaired) electrons. The fraction of sp³-hybridized carbons (Fsp3) is 0.154. The highest BCUT2D eigenvalue weighted by Gasteiger charge is 2.13. The van der Waals surface area contributed by atoms with Gasteiger partial charge in [-0.3, -0.25) is 0 Å². The van der Waals surface area contributed by atoms with Crippen LogP contribution in [-0.2, 0) is 0 Å². The van der Waals surface area contributed by atoms with E-state index in [2.05, 4.69) is 9.97 Å². The van der Waals surface area contributed by atoms with Crippen LogP contribution < -0.4 is 4.90 Å². The van der Waals surface area contributed by atoms with Gasteiger partial charge in [0.15, 0.2) is 4.77 Å². The van der Waals surface area contributed by atoms with Gasteiger partial charge in [0.25, 0.3) is 0 Å². The molecule has 2 rings (SSSR count). The third kappa shape index (κ3) is 2.97. The molecule has 20 heavy (non-hydrogen) atoms. The maximum absolute atomic E-state index is 11.1. The van der Waals surface area contributed by atoms with Crippen molar-refractivity contribution in [3.63, 3.8) is 0 Å². The van der Waals surface area contributed by atoms with E-state index in [1.807, 2.05) is 13.0 Å². The van der Waals surface area contributed by atoms with E-state index in [0.717, 1.165) is 5.69 Å². The largest absolute Gasteiger partial charge is 0.478 e. The van der Waals surface area contributed by atoms with Crippen LogP contribution in [0, 0.1) is 11.7 Å². The maximum atomic E-state index is 11.1. The van der Waals surface area contributed by atoms with E-state index in [9.17, 15) is 4.79 Å². The Morgan fingerprint density at radius 2 is 2.15 bits per heavy atom. The van der Waals surface area contributed by atoms with Gasteiger partial charge < -0.3 is 15.0 Å². The minimum atomic E-state index is -1.07. The highest BCUT2D eigenvalue weighted by molar-refractivity contribution is 7.71. The average molecular weight is 310 g/mol. The number of aromatic carboxylic acids is 1. The summed E-state index contributed by atoms with van der Waals surface area (Å²) in [5.41, 5.74) is 1.59. The molecule has 1 aromatic heterocycles. The lowest BCUT2D eigenvalue weighted by Crippen LogP contribution is -2.13. The van der Waals surface area contributed by atoms with Crippen molar-refractivity contribution >= 4 is 41.3 Å². The molecule has 0 spiro atoms. The number of rotatable bonds is 3. The van der Waals surface area contributed by atoms with Gasteiger partial charge in [-0.1, -0.05) is 11.6 Å². The van der Waals surface area contributed by atoms with Crippen molar-refractivity contribution in [2.24, 2.45) is 0 Å². The zero-order valence-electron chi connectivity index (χ0n) is 10.8. The van der Waals surface area contributed by atoms with Gasteiger partial charge in [0.2, 0.25) is 0 Å². The molecule has 0 saturated carbocycles. The number of carbonyl (C=O) groups is 1. The van der Waals surface area contributed by atoms with Crippen LogP contribution in [0.25, 0.3) is 0 Å². The van der Waals surface area contributed by atoms with Crippen molar-refractivity contribution in [1.29, 1.82) is 0 Å². The van der Waals surface area contributed by atoms with E-state index in [0.29, 0.717) is 16.3 Å². The molecule has 7 heteroatoms. The normalized spacial score (nSPS) is 10.3. The predicted molar refractivity (Wildman–Crippen MR) is 80.6 cm³/mol. The standard InChI is InChI=1S/C13H12ClN3O2S/c1-7-5-11(16-13(20)15-7)17(2)8-3-4-10(14)9(6-8)12(18)19/h3-6H,1-2H3,(H,18,19)(H,15,16,20). The Balaban J connectivity index is 2.48. The fourth-order valence-corrected chi connectivity index (χ4v) is 2.21. The number of aryl methyl sites for hydroxylation is 1. The summed E-state index contributed by atoms with van der Waals surface area (Å²) in [6.07, 6.45) is 0. The summed E-state index contributed by atoms with van der Waals surface area (Å²) in [5, 5.41) is 9.29. The van der Waals surface area contributed by atoms with Crippen molar-refractivity contribution in [2.75, 3.05) is 11.9 Å². The van der Waals surface area contributed by atoms with Gasteiger partial charge in [0.05, 0.1) is 10.6 Å². The molecule has 0 bridgehead atoms. The summed E-state index contributed by atoms with van der Waals surface area (Å²) in [5.74, 6) is -0.440. The number of nitrogens with zero attached hydrogens (tertiary/aromatic N) is 2. The lowest BCUT2D eigenvalue weighted by molar-refractivity contribution is 0.0697. The van der Waals surface area contributed by atoms with Gasteiger partial charge in [-0.25, -0.2) is 9.78 Å². The minimum absolute atomic E-state index is 0.0498. The van der Waals surface area contributed by atoms with Crippen molar-refractivity contribution in [1.82, 2.24) is 9.97 Å². The van der Waals surface area contributed by atoms with Crippen molar-refractivity contribution in [3.05, 3.63) is 45.3 Å². The topological polar surface area (TPSA) is 69.2 Å². The van der Waals surface area contributed by atoms with Crippen LogP contribution in [0.4, 0.5) is 11.5 Å². The molecule has 0 aliphatic carbocycles. The quantitative estimate of drug-likeness (QED) is 0.848. The Morgan fingerprint density at radius 1 is 1.45 bits per heavy atom.